The standard InChI is InChI=1S/C22H35N5O/c1-8-23-22(24-13-21-17(5)26-27(7)18(21)6)25-16(4)19-9-11-20(12-10-19)28-14-15(2)3/h9-12,15-16H,8,13-14H2,1-7H3,(H2,23,24,25). The van der Waals surface area contributed by atoms with Crippen molar-refractivity contribution >= 4 is 5.96 Å². The van der Waals surface area contributed by atoms with E-state index < -0.39 is 0 Å². The van der Waals surface area contributed by atoms with E-state index in [4.69, 9.17) is 9.73 Å². The second-order valence-corrected chi connectivity index (χ2v) is 7.61. The van der Waals surface area contributed by atoms with Crippen LogP contribution in [0, 0.1) is 19.8 Å². The normalized spacial score (nSPS) is 12.9. The van der Waals surface area contributed by atoms with Gasteiger partial charge in [-0.1, -0.05) is 26.0 Å². The molecule has 1 heterocycles. The average Bonchev–Trinajstić information content (AvgIpc) is 2.90. The monoisotopic (exact) mass is 385 g/mol. The van der Waals surface area contributed by atoms with Gasteiger partial charge in [-0.15, -0.1) is 0 Å². The molecule has 1 aromatic heterocycles. The van der Waals surface area contributed by atoms with E-state index in [-0.39, 0.29) is 6.04 Å². The first-order valence-corrected chi connectivity index (χ1v) is 10.1. The molecule has 0 saturated carbocycles. The molecule has 0 aliphatic carbocycles. The Labute approximate surface area is 169 Å². The first kappa shape index (κ1) is 21.8. The number of hydrogen-bond donors (Lipinski definition) is 2. The molecule has 0 aliphatic heterocycles. The highest BCUT2D eigenvalue weighted by Crippen LogP contribution is 2.18. The molecular formula is C22H35N5O. The lowest BCUT2D eigenvalue weighted by molar-refractivity contribution is 0.271. The number of benzene rings is 1. The number of ether oxygens (including phenoxy) is 1. The summed E-state index contributed by atoms with van der Waals surface area (Å²) in [4.78, 5) is 4.77. The number of guanidine groups is 1. The predicted octanol–water partition coefficient (Wildman–Crippen LogP) is 3.89. The van der Waals surface area contributed by atoms with Crippen LogP contribution in [-0.4, -0.2) is 28.9 Å². The zero-order chi connectivity index (χ0) is 20.7. The molecule has 28 heavy (non-hydrogen) atoms. The van der Waals surface area contributed by atoms with Gasteiger partial charge in [0.1, 0.15) is 5.75 Å². The topological polar surface area (TPSA) is 63.5 Å². The highest BCUT2D eigenvalue weighted by molar-refractivity contribution is 5.80. The minimum absolute atomic E-state index is 0.132. The van der Waals surface area contributed by atoms with Crippen molar-refractivity contribution < 1.29 is 4.74 Å². The summed E-state index contributed by atoms with van der Waals surface area (Å²) in [5.74, 6) is 2.23. The Balaban J connectivity index is 2.04. The quantitative estimate of drug-likeness (QED) is 0.535. The summed E-state index contributed by atoms with van der Waals surface area (Å²) in [6.07, 6.45) is 0. The van der Waals surface area contributed by atoms with Gasteiger partial charge in [0.05, 0.1) is 24.9 Å². The number of nitrogens with one attached hydrogen (secondary N) is 2. The van der Waals surface area contributed by atoms with E-state index in [0.29, 0.717) is 12.5 Å². The van der Waals surface area contributed by atoms with E-state index in [2.05, 4.69) is 62.5 Å². The van der Waals surface area contributed by atoms with Crippen molar-refractivity contribution in [3.8, 4) is 5.75 Å². The molecule has 0 radical (unpaired) electrons. The van der Waals surface area contributed by atoms with Gasteiger partial charge in [-0.05, 0) is 51.3 Å². The van der Waals surface area contributed by atoms with Crippen molar-refractivity contribution in [2.24, 2.45) is 18.0 Å². The van der Waals surface area contributed by atoms with Crippen LogP contribution in [0.2, 0.25) is 0 Å². The lowest BCUT2D eigenvalue weighted by Gasteiger charge is -2.19. The van der Waals surface area contributed by atoms with E-state index in [0.717, 1.165) is 36.2 Å². The molecule has 6 nitrogen and oxygen atoms in total. The Morgan fingerprint density at radius 3 is 2.39 bits per heavy atom. The number of hydrogen-bond acceptors (Lipinski definition) is 3. The SMILES string of the molecule is CCNC(=NCc1c(C)nn(C)c1C)NC(C)c1ccc(OCC(C)C)cc1. The molecule has 0 aliphatic rings. The number of rotatable bonds is 8. The van der Waals surface area contributed by atoms with Crippen molar-refractivity contribution in [1.29, 1.82) is 0 Å². The van der Waals surface area contributed by atoms with Gasteiger partial charge in [0.2, 0.25) is 0 Å². The lowest BCUT2D eigenvalue weighted by Crippen LogP contribution is -2.38. The van der Waals surface area contributed by atoms with Crippen molar-refractivity contribution in [3.05, 3.63) is 46.8 Å². The van der Waals surface area contributed by atoms with E-state index in [1.807, 2.05) is 30.8 Å². The molecular weight excluding hydrogens is 350 g/mol. The second kappa shape index (κ2) is 10.2. The Bertz CT molecular complexity index is 777. The zero-order valence-electron chi connectivity index (χ0n) is 18.3. The molecule has 0 amide bonds. The Hall–Kier alpha value is -2.50. The molecule has 1 atom stereocenters. The molecule has 2 N–H and O–H groups in total. The van der Waals surface area contributed by atoms with E-state index >= 15 is 0 Å². The predicted molar refractivity (Wildman–Crippen MR) is 116 cm³/mol. The molecule has 0 spiro atoms. The molecule has 1 aromatic carbocycles. The van der Waals surface area contributed by atoms with Gasteiger partial charge in [-0.25, -0.2) is 4.99 Å². The Morgan fingerprint density at radius 2 is 1.86 bits per heavy atom. The summed E-state index contributed by atoms with van der Waals surface area (Å²) in [7, 11) is 1.97. The highest BCUT2D eigenvalue weighted by Gasteiger charge is 2.11. The smallest absolute Gasteiger partial charge is 0.192 e. The lowest BCUT2D eigenvalue weighted by atomic mass is 10.1. The van der Waals surface area contributed by atoms with Crippen LogP contribution in [0.1, 0.15) is 56.3 Å². The first-order chi connectivity index (χ1) is 13.3. The van der Waals surface area contributed by atoms with Crippen LogP contribution in [0.4, 0.5) is 0 Å². The van der Waals surface area contributed by atoms with Crippen LogP contribution in [0.3, 0.4) is 0 Å². The number of aliphatic imine (C=N–C) groups is 1. The second-order valence-electron chi connectivity index (χ2n) is 7.61. The molecule has 0 fully saturated rings. The fraction of sp³-hybridized carbons (Fsp3) is 0.545. The Morgan fingerprint density at radius 1 is 1.18 bits per heavy atom. The van der Waals surface area contributed by atoms with Crippen LogP contribution in [0.25, 0.3) is 0 Å². The highest BCUT2D eigenvalue weighted by atomic mass is 16.5. The molecule has 154 valence electrons. The molecule has 6 heteroatoms. The van der Waals surface area contributed by atoms with Crippen LogP contribution in [-0.2, 0) is 13.6 Å². The van der Waals surface area contributed by atoms with Crippen molar-refractivity contribution in [2.45, 2.75) is 54.1 Å². The minimum Gasteiger partial charge on any atom is -0.493 e. The van der Waals surface area contributed by atoms with Crippen LogP contribution in [0.5, 0.6) is 5.75 Å². The van der Waals surface area contributed by atoms with Crippen LogP contribution >= 0.6 is 0 Å². The molecule has 0 saturated heterocycles. The molecule has 2 aromatic rings. The first-order valence-electron chi connectivity index (χ1n) is 10.1. The fourth-order valence-corrected chi connectivity index (χ4v) is 2.93. The van der Waals surface area contributed by atoms with E-state index in [9.17, 15) is 0 Å². The summed E-state index contributed by atoms with van der Waals surface area (Å²) in [6.45, 7) is 14.8. The van der Waals surface area contributed by atoms with Gasteiger partial charge in [0, 0.05) is 24.8 Å². The summed E-state index contributed by atoms with van der Waals surface area (Å²) in [5.41, 5.74) is 4.56. The van der Waals surface area contributed by atoms with Gasteiger partial charge in [-0.2, -0.15) is 5.10 Å². The van der Waals surface area contributed by atoms with Crippen molar-refractivity contribution in [1.82, 2.24) is 20.4 Å². The summed E-state index contributed by atoms with van der Waals surface area (Å²) >= 11 is 0. The van der Waals surface area contributed by atoms with E-state index in [1.165, 1.54) is 11.1 Å². The van der Waals surface area contributed by atoms with Crippen molar-refractivity contribution in [3.63, 3.8) is 0 Å². The summed E-state index contributed by atoms with van der Waals surface area (Å²) in [6, 6.07) is 8.40. The van der Waals surface area contributed by atoms with Gasteiger partial charge in [-0.3, -0.25) is 4.68 Å². The largest absolute Gasteiger partial charge is 0.493 e. The summed E-state index contributed by atoms with van der Waals surface area (Å²) < 4.78 is 7.68. The molecule has 2 rings (SSSR count). The van der Waals surface area contributed by atoms with Gasteiger partial charge in [0.25, 0.3) is 0 Å². The van der Waals surface area contributed by atoms with E-state index in [1.54, 1.807) is 0 Å². The third-order valence-electron chi connectivity index (χ3n) is 4.72. The van der Waals surface area contributed by atoms with Gasteiger partial charge < -0.3 is 15.4 Å². The number of aryl methyl sites for hydroxylation is 2. The Kier molecular flexibility index (Phi) is 7.91. The number of aromatic nitrogens is 2. The third-order valence-corrected chi connectivity index (χ3v) is 4.72. The van der Waals surface area contributed by atoms with Crippen molar-refractivity contribution in [2.75, 3.05) is 13.2 Å². The average molecular weight is 386 g/mol. The summed E-state index contributed by atoms with van der Waals surface area (Å²) in [5, 5.41) is 11.3. The maximum Gasteiger partial charge on any atom is 0.192 e. The van der Waals surface area contributed by atoms with Crippen LogP contribution < -0.4 is 15.4 Å². The third kappa shape index (κ3) is 6.01. The molecule has 1 unspecified atom stereocenters. The number of nitrogens with zero attached hydrogens (tertiary/aromatic N) is 3. The van der Waals surface area contributed by atoms with Gasteiger partial charge in [0.15, 0.2) is 5.96 Å². The zero-order valence-corrected chi connectivity index (χ0v) is 18.3. The fourth-order valence-electron chi connectivity index (χ4n) is 2.93. The maximum atomic E-state index is 5.77. The maximum absolute atomic E-state index is 5.77. The van der Waals surface area contributed by atoms with Gasteiger partial charge >= 0.3 is 0 Å². The molecule has 0 bridgehead atoms. The minimum atomic E-state index is 0.132. The van der Waals surface area contributed by atoms with Crippen LogP contribution in [0.15, 0.2) is 29.3 Å².